The van der Waals surface area contributed by atoms with Gasteiger partial charge in [0.05, 0.1) is 0 Å². The Kier molecular flexibility index (Phi) is 4.67. The van der Waals surface area contributed by atoms with Crippen molar-refractivity contribution in [2.75, 3.05) is 6.54 Å². The number of ether oxygens (including phenoxy) is 1. The molecule has 3 nitrogen and oxygen atoms in total. The fourth-order valence-corrected chi connectivity index (χ4v) is 2.27. The maximum absolute atomic E-state index is 12.2. The second-order valence-electron chi connectivity index (χ2n) is 4.71. The lowest BCUT2D eigenvalue weighted by molar-refractivity contribution is -0.274. The third-order valence-corrected chi connectivity index (χ3v) is 3.17. The van der Waals surface area contributed by atoms with E-state index in [1.54, 1.807) is 6.07 Å². The molecule has 3 N–H and O–H groups in total. The van der Waals surface area contributed by atoms with Crippen molar-refractivity contribution in [2.24, 2.45) is 5.73 Å². The van der Waals surface area contributed by atoms with Crippen molar-refractivity contribution >= 4 is 0 Å². The number of hydrogen-bond donors (Lipinski definition) is 2. The normalized spacial score (nSPS) is 17.4. The van der Waals surface area contributed by atoms with E-state index in [4.69, 9.17) is 5.73 Å². The van der Waals surface area contributed by atoms with E-state index in [-0.39, 0.29) is 17.8 Å². The van der Waals surface area contributed by atoms with E-state index in [1.807, 2.05) is 0 Å². The fourth-order valence-electron chi connectivity index (χ4n) is 2.27. The van der Waals surface area contributed by atoms with Crippen LogP contribution in [0.1, 0.15) is 24.4 Å². The van der Waals surface area contributed by atoms with Crippen LogP contribution in [0.5, 0.6) is 5.75 Å². The molecule has 20 heavy (non-hydrogen) atoms. The summed E-state index contributed by atoms with van der Waals surface area (Å²) >= 11 is 0. The second-order valence-corrected chi connectivity index (χ2v) is 4.71. The SMILES string of the molecule is NCC(NC1CC=CC1)c1cccc(OC(F)(F)F)c1. The molecule has 1 atom stereocenters. The lowest BCUT2D eigenvalue weighted by Gasteiger charge is -2.22. The number of hydrogen-bond acceptors (Lipinski definition) is 3. The highest BCUT2D eigenvalue weighted by molar-refractivity contribution is 5.31. The number of rotatable bonds is 5. The number of alkyl halides is 3. The highest BCUT2D eigenvalue weighted by Gasteiger charge is 2.31. The molecule has 0 amide bonds. The van der Waals surface area contributed by atoms with Crippen molar-refractivity contribution in [2.45, 2.75) is 31.3 Å². The molecule has 0 aliphatic heterocycles. The molecular formula is C14H17F3N2O. The van der Waals surface area contributed by atoms with E-state index in [9.17, 15) is 13.2 Å². The summed E-state index contributed by atoms with van der Waals surface area (Å²) in [6.07, 6.45) is 1.30. The standard InChI is InChI=1S/C14H17F3N2O/c15-14(16,17)20-12-7-3-4-10(8-12)13(9-18)19-11-5-1-2-6-11/h1-4,7-8,11,13,19H,5-6,9,18H2. The average molecular weight is 286 g/mol. The monoisotopic (exact) mass is 286 g/mol. The van der Waals surface area contributed by atoms with Crippen molar-refractivity contribution < 1.29 is 17.9 Å². The minimum Gasteiger partial charge on any atom is -0.406 e. The minimum atomic E-state index is -4.68. The Bertz CT molecular complexity index is 466. The number of nitrogens with one attached hydrogen (secondary N) is 1. The van der Waals surface area contributed by atoms with E-state index >= 15 is 0 Å². The van der Waals surface area contributed by atoms with Crippen LogP contribution >= 0.6 is 0 Å². The maximum Gasteiger partial charge on any atom is 0.573 e. The van der Waals surface area contributed by atoms with Crippen molar-refractivity contribution in [1.82, 2.24) is 5.32 Å². The van der Waals surface area contributed by atoms with E-state index in [0.717, 1.165) is 12.8 Å². The molecular weight excluding hydrogens is 269 g/mol. The first-order valence-electron chi connectivity index (χ1n) is 6.45. The van der Waals surface area contributed by atoms with Gasteiger partial charge in [0.15, 0.2) is 0 Å². The Morgan fingerprint density at radius 3 is 2.60 bits per heavy atom. The molecule has 0 aromatic heterocycles. The Morgan fingerprint density at radius 2 is 2.00 bits per heavy atom. The number of nitrogens with two attached hydrogens (primary N) is 1. The Hall–Kier alpha value is -1.53. The lowest BCUT2D eigenvalue weighted by atomic mass is 10.0. The number of halogens is 3. The van der Waals surface area contributed by atoms with E-state index < -0.39 is 6.36 Å². The molecule has 0 fully saturated rings. The van der Waals surface area contributed by atoms with Crippen LogP contribution in [0.25, 0.3) is 0 Å². The second kappa shape index (κ2) is 6.28. The van der Waals surface area contributed by atoms with Gasteiger partial charge in [0.2, 0.25) is 0 Å². The summed E-state index contributed by atoms with van der Waals surface area (Å²) in [6.45, 7) is 0.311. The van der Waals surface area contributed by atoms with E-state index in [0.29, 0.717) is 12.1 Å². The average Bonchev–Trinajstić information content (AvgIpc) is 2.87. The van der Waals surface area contributed by atoms with Gasteiger partial charge < -0.3 is 15.8 Å². The fraction of sp³-hybridized carbons (Fsp3) is 0.429. The first-order valence-corrected chi connectivity index (χ1v) is 6.45. The van der Waals surface area contributed by atoms with E-state index in [1.165, 1.54) is 18.2 Å². The summed E-state index contributed by atoms with van der Waals surface area (Å²) in [5, 5.41) is 3.35. The topological polar surface area (TPSA) is 47.3 Å². The highest BCUT2D eigenvalue weighted by Crippen LogP contribution is 2.26. The lowest BCUT2D eigenvalue weighted by Crippen LogP contribution is -2.35. The molecule has 1 aliphatic carbocycles. The van der Waals surface area contributed by atoms with Gasteiger partial charge in [-0.15, -0.1) is 13.2 Å². The molecule has 110 valence electrons. The maximum atomic E-state index is 12.2. The molecule has 2 rings (SSSR count). The Labute approximate surface area is 115 Å². The van der Waals surface area contributed by atoms with Crippen molar-refractivity contribution in [3.8, 4) is 5.75 Å². The van der Waals surface area contributed by atoms with Crippen LogP contribution in [0.2, 0.25) is 0 Å². The Balaban J connectivity index is 2.07. The quantitative estimate of drug-likeness (QED) is 0.818. The van der Waals surface area contributed by atoms with Crippen LogP contribution in [0.15, 0.2) is 36.4 Å². The largest absolute Gasteiger partial charge is 0.573 e. The summed E-state index contributed by atoms with van der Waals surface area (Å²) in [5.41, 5.74) is 6.41. The van der Waals surface area contributed by atoms with Crippen molar-refractivity contribution in [3.05, 3.63) is 42.0 Å². The molecule has 6 heteroatoms. The van der Waals surface area contributed by atoms with Gasteiger partial charge >= 0.3 is 6.36 Å². The van der Waals surface area contributed by atoms with Gasteiger partial charge in [0, 0.05) is 18.6 Å². The predicted octanol–water partition coefficient (Wildman–Crippen LogP) is 2.89. The molecule has 0 bridgehead atoms. The zero-order valence-corrected chi connectivity index (χ0v) is 10.9. The van der Waals surface area contributed by atoms with Gasteiger partial charge in [-0.25, -0.2) is 0 Å². The van der Waals surface area contributed by atoms with Crippen LogP contribution in [-0.2, 0) is 0 Å². The molecule has 0 spiro atoms. The van der Waals surface area contributed by atoms with Crippen LogP contribution in [0.4, 0.5) is 13.2 Å². The zero-order chi connectivity index (χ0) is 14.6. The molecule has 0 saturated carbocycles. The molecule has 1 unspecified atom stereocenters. The smallest absolute Gasteiger partial charge is 0.406 e. The van der Waals surface area contributed by atoms with Crippen molar-refractivity contribution in [3.63, 3.8) is 0 Å². The molecule has 1 aromatic carbocycles. The first kappa shape index (κ1) is 14.9. The molecule has 0 radical (unpaired) electrons. The van der Waals surface area contributed by atoms with E-state index in [2.05, 4.69) is 22.2 Å². The molecule has 1 aliphatic rings. The highest BCUT2D eigenvalue weighted by atomic mass is 19.4. The van der Waals surface area contributed by atoms with Crippen LogP contribution in [0, 0.1) is 0 Å². The van der Waals surface area contributed by atoms with Gasteiger partial charge in [-0.2, -0.15) is 0 Å². The number of benzene rings is 1. The summed E-state index contributed by atoms with van der Waals surface area (Å²) in [5.74, 6) is -0.222. The zero-order valence-electron chi connectivity index (χ0n) is 10.9. The predicted molar refractivity (Wildman–Crippen MR) is 70.2 cm³/mol. The van der Waals surface area contributed by atoms with Gasteiger partial charge in [-0.05, 0) is 30.5 Å². The third-order valence-electron chi connectivity index (χ3n) is 3.17. The third kappa shape index (κ3) is 4.25. The summed E-state index contributed by atoms with van der Waals surface area (Å²) < 4.78 is 40.6. The summed E-state index contributed by atoms with van der Waals surface area (Å²) in [6, 6.07) is 6.04. The van der Waals surface area contributed by atoms with Crippen LogP contribution in [0.3, 0.4) is 0 Å². The first-order chi connectivity index (χ1) is 9.48. The molecule has 0 heterocycles. The Morgan fingerprint density at radius 1 is 1.30 bits per heavy atom. The summed E-state index contributed by atoms with van der Waals surface area (Å²) in [7, 11) is 0. The van der Waals surface area contributed by atoms with Gasteiger partial charge in [0.1, 0.15) is 5.75 Å². The van der Waals surface area contributed by atoms with Gasteiger partial charge in [0.25, 0.3) is 0 Å². The minimum absolute atomic E-state index is 0.184. The molecule has 1 aromatic rings. The van der Waals surface area contributed by atoms with Crippen LogP contribution < -0.4 is 15.8 Å². The van der Waals surface area contributed by atoms with Gasteiger partial charge in [-0.1, -0.05) is 24.3 Å². The van der Waals surface area contributed by atoms with Crippen molar-refractivity contribution in [1.29, 1.82) is 0 Å². The summed E-state index contributed by atoms with van der Waals surface area (Å²) in [4.78, 5) is 0. The van der Waals surface area contributed by atoms with Crippen LogP contribution in [-0.4, -0.2) is 18.9 Å². The molecule has 0 saturated heterocycles. The van der Waals surface area contributed by atoms with Gasteiger partial charge in [-0.3, -0.25) is 0 Å².